The third-order valence-corrected chi connectivity index (χ3v) is 4.16. The molecule has 5 nitrogen and oxygen atoms in total. The van der Waals surface area contributed by atoms with Crippen LogP contribution >= 0.6 is 11.6 Å². The second-order valence-electron chi connectivity index (χ2n) is 5.53. The first-order valence-electron chi connectivity index (χ1n) is 7.57. The van der Waals surface area contributed by atoms with Gasteiger partial charge in [-0.3, -0.25) is 0 Å². The maximum atomic E-state index is 11.7. The van der Waals surface area contributed by atoms with Crippen LogP contribution in [0.5, 0.6) is 0 Å². The molecule has 0 bridgehead atoms. The number of aliphatic hydroxyl groups is 1. The van der Waals surface area contributed by atoms with Crippen LogP contribution in [0.2, 0.25) is 5.02 Å². The minimum absolute atomic E-state index is 0.204. The highest BCUT2D eigenvalue weighted by Crippen LogP contribution is 2.43. The summed E-state index contributed by atoms with van der Waals surface area (Å²) in [4.78, 5) is 19.8. The highest BCUT2D eigenvalue weighted by atomic mass is 35.5. The lowest BCUT2D eigenvalue weighted by Crippen LogP contribution is -2.07. The Hall–Kier alpha value is -1.98. The number of aromatic nitrogens is 2. The molecule has 1 aromatic heterocycles. The maximum absolute atomic E-state index is 11.7. The van der Waals surface area contributed by atoms with Crippen molar-refractivity contribution in [1.29, 1.82) is 0 Å². The zero-order chi connectivity index (χ0) is 16.4. The largest absolute Gasteiger partial charge is 0.461 e. The quantitative estimate of drug-likeness (QED) is 0.849. The van der Waals surface area contributed by atoms with Gasteiger partial charge < -0.3 is 9.84 Å². The first-order chi connectivity index (χ1) is 11.1. The normalized spacial score (nSPS) is 15.3. The Morgan fingerprint density at radius 3 is 2.83 bits per heavy atom. The zero-order valence-electron chi connectivity index (χ0n) is 12.7. The van der Waals surface area contributed by atoms with Gasteiger partial charge in [0.1, 0.15) is 6.33 Å². The zero-order valence-corrected chi connectivity index (χ0v) is 13.5. The summed E-state index contributed by atoms with van der Waals surface area (Å²) < 4.78 is 4.94. The van der Waals surface area contributed by atoms with Crippen molar-refractivity contribution in [2.24, 2.45) is 5.92 Å². The third-order valence-electron chi connectivity index (χ3n) is 3.84. The van der Waals surface area contributed by atoms with E-state index in [2.05, 4.69) is 9.97 Å². The summed E-state index contributed by atoms with van der Waals surface area (Å²) in [7, 11) is 0. The monoisotopic (exact) mass is 332 g/mol. The Kier molecular flexibility index (Phi) is 4.59. The van der Waals surface area contributed by atoms with Gasteiger partial charge in [-0.15, -0.1) is 0 Å². The molecular formula is C17H17ClN2O3. The van der Waals surface area contributed by atoms with E-state index in [-0.39, 0.29) is 12.3 Å². The van der Waals surface area contributed by atoms with Gasteiger partial charge in [-0.1, -0.05) is 23.7 Å². The van der Waals surface area contributed by atoms with E-state index >= 15 is 0 Å². The highest BCUT2D eigenvalue weighted by Gasteiger charge is 2.31. The molecule has 0 amide bonds. The van der Waals surface area contributed by atoms with Gasteiger partial charge in [0.25, 0.3) is 0 Å². The van der Waals surface area contributed by atoms with Crippen LogP contribution in [-0.4, -0.2) is 27.7 Å². The van der Waals surface area contributed by atoms with Gasteiger partial charge in [0.05, 0.1) is 18.4 Å². The molecule has 120 valence electrons. The standard InChI is InChI=1S/C17H17ClN2O3/c1-2-23-17(22)15-8-14(19-9-20-15)11-5-6-12(13(18)7-11)16(21)10-3-4-10/h5-10,16,21H,2-4H2,1H3/t16-/m0/s1. The van der Waals surface area contributed by atoms with Crippen molar-refractivity contribution >= 4 is 17.6 Å². The van der Waals surface area contributed by atoms with Gasteiger partial charge in [-0.25, -0.2) is 14.8 Å². The molecule has 3 rings (SSSR count). The number of carbonyl (C=O) groups excluding carboxylic acids is 1. The number of ether oxygens (including phenoxy) is 1. The molecule has 1 heterocycles. The molecule has 1 aromatic carbocycles. The summed E-state index contributed by atoms with van der Waals surface area (Å²) >= 11 is 6.30. The van der Waals surface area contributed by atoms with Crippen LogP contribution in [0.1, 0.15) is 41.9 Å². The SMILES string of the molecule is CCOC(=O)c1cc(-c2ccc([C@@H](O)C3CC3)c(Cl)c2)ncn1. The number of benzene rings is 1. The van der Waals surface area contributed by atoms with Crippen LogP contribution < -0.4 is 0 Å². The highest BCUT2D eigenvalue weighted by molar-refractivity contribution is 6.31. The average molecular weight is 333 g/mol. The lowest BCUT2D eigenvalue weighted by molar-refractivity contribution is 0.0519. The Bertz CT molecular complexity index is 732. The first kappa shape index (κ1) is 15.9. The predicted octanol–water partition coefficient (Wildman–Crippen LogP) is 3.42. The first-order valence-corrected chi connectivity index (χ1v) is 7.95. The molecule has 1 fully saturated rings. The lowest BCUT2D eigenvalue weighted by atomic mass is 10.0. The Balaban J connectivity index is 1.88. The number of nitrogens with zero attached hydrogens (tertiary/aromatic N) is 2. The summed E-state index contributed by atoms with van der Waals surface area (Å²) in [5.41, 5.74) is 2.28. The molecule has 1 N–H and O–H groups in total. The Morgan fingerprint density at radius 1 is 1.39 bits per heavy atom. The van der Waals surface area contributed by atoms with E-state index in [1.807, 2.05) is 12.1 Å². The van der Waals surface area contributed by atoms with E-state index in [4.69, 9.17) is 16.3 Å². The van der Waals surface area contributed by atoms with E-state index in [1.54, 1.807) is 19.1 Å². The fraction of sp³-hybridized carbons (Fsp3) is 0.353. The Labute approximate surface area is 139 Å². The number of hydrogen-bond donors (Lipinski definition) is 1. The average Bonchev–Trinajstić information content (AvgIpc) is 3.39. The third kappa shape index (κ3) is 3.51. The minimum Gasteiger partial charge on any atom is -0.461 e. The number of halogens is 1. The number of hydrogen-bond acceptors (Lipinski definition) is 5. The van der Waals surface area contributed by atoms with Gasteiger partial charge in [-0.05, 0) is 43.4 Å². The molecular weight excluding hydrogens is 316 g/mol. The minimum atomic E-state index is -0.517. The van der Waals surface area contributed by atoms with Gasteiger partial charge in [-0.2, -0.15) is 0 Å². The molecule has 23 heavy (non-hydrogen) atoms. The number of esters is 1. The van der Waals surface area contributed by atoms with Crippen molar-refractivity contribution in [2.45, 2.75) is 25.9 Å². The lowest BCUT2D eigenvalue weighted by Gasteiger charge is -2.13. The molecule has 0 spiro atoms. The molecule has 1 atom stereocenters. The number of aliphatic hydroxyl groups excluding tert-OH is 1. The molecule has 0 aliphatic heterocycles. The summed E-state index contributed by atoms with van der Waals surface area (Å²) in [5.74, 6) is -0.171. The molecule has 0 radical (unpaired) electrons. The predicted molar refractivity (Wildman–Crippen MR) is 86.1 cm³/mol. The van der Waals surface area contributed by atoms with E-state index in [9.17, 15) is 9.90 Å². The fourth-order valence-corrected chi connectivity index (χ4v) is 2.72. The summed E-state index contributed by atoms with van der Waals surface area (Å²) in [6.07, 6.45) is 2.88. The van der Waals surface area contributed by atoms with E-state index in [0.717, 1.165) is 24.0 Å². The topological polar surface area (TPSA) is 72.3 Å². The van der Waals surface area contributed by atoms with Gasteiger partial charge in [0.15, 0.2) is 5.69 Å². The second kappa shape index (κ2) is 6.64. The van der Waals surface area contributed by atoms with Crippen LogP contribution in [0.4, 0.5) is 0 Å². The van der Waals surface area contributed by atoms with Crippen molar-refractivity contribution in [3.8, 4) is 11.3 Å². The van der Waals surface area contributed by atoms with Crippen molar-refractivity contribution in [2.75, 3.05) is 6.61 Å². The van der Waals surface area contributed by atoms with Crippen molar-refractivity contribution < 1.29 is 14.6 Å². The van der Waals surface area contributed by atoms with Crippen molar-refractivity contribution in [1.82, 2.24) is 9.97 Å². The summed E-state index contributed by atoms with van der Waals surface area (Å²) in [5, 5.41) is 10.7. The molecule has 6 heteroatoms. The van der Waals surface area contributed by atoms with E-state index in [1.165, 1.54) is 6.33 Å². The smallest absolute Gasteiger partial charge is 0.357 e. The van der Waals surface area contributed by atoms with Crippen LogP contribution in [0, 0.1) is 5.92 Å². The molecule has 0 unspecified atom stereocenters. The molecule has 1 saturated carbocycles. The maximum Gasteiger partial charge on any atom is 0.357 e. The molecule has 0 saturated heterocycles. The summed E-state index contributed by atoms with van der Waals surface area (Å²) in [6, 6.07) is 6.97. The van der Waals surface area contributed by atoms with Crippen LogP contribution in [-0.2, 0) is 4.74 Å². The van der Waals surface area contributed by atoms with Crippen LogP contribution in [0.25, 0.3) is 11.3 Å². The van der Waals surface area contributed by atoms with E-state index in [0.29, 0.717) is 16.6 Å². The van der Waals surface area contributed by atoms with Crippen LogP contribution in [0.15, 0.2) is 30.6 Å². The summed E-state index contributed by atoms with van der Waals surface area (Å²) in [6.45, 7) is 2.03. The molecule has 1 aliphatic rings. The Morgan fingerprint density at radius 2 is 2.17 bits per heavy atom. The van der Waals surface area contributed by atoms with E-state index < -0.39 is 12.1 Å². The van der Waals surface area contributed by atoms with Crippen LogP contribution in [0.3, 0.4) is 0 Å². The van der Waals surface area contributed by atoms with Crippen molar-refractivity contribution in [3.63, 3.8) is 0 Å². The molecule has 1 aliphatic carbocycles. The van der Waals surface area contributed by atoms with Gasteiger partial charge in [0.2, 0.25) is 0 Å². The number of carbonyl (C=O) groups is 1. The van der Waals surface area contributed by atoms with Gasteiger partial charge >= 0.3 is 5.97 Å². The van der Waals surface area contributed by atoms with Gasteiger partial charge in [0, 0.05) is 10.6 Å². The fourth-order valence-electron chi connectivity index (χ4n) is 2.42. The second-order valence-corrected chi connectivity index (χ2v) is 5.93. The molecule has 2 aromatic rings. The van der Waals surface area contributed by atoms with Crippen molar-refractivity contribution in [3.05, 3.63) is 46.9 Å². The number of rotatable bonds is 5.